The number of aliphatic hydroxyl groups excluding tert-OH is 1. The van der Waals surface area contributed by atoms with Gasteiger partial charge in [0.15, 0.2) is 0 Å². The second kappa shape index (κ2) is 23.5. The van der Waals surface area contributed by atoms with E-state index in [2.05, 4.69) is 67.6 Å². The van der Waals surface area contributed by atoms with Crippen LogP contribution in [0.4, 0.5) is 0 Å². The molecule has 0 radical (unpaired) electrons. The lowest BCUT2D eigenvalue weighted by molar-refractivity contribution is -0.105. The number of ether oxygens (including phenoxy) is 2. The molecule has 220 valence electrons. The van der Waals surface area contributed by atoms with Gasteiger partial charge in [0.1, 0.15) is 12.6 Å². The number of aryl methyl sites for hydroxylation is 1. The number of allylic oxidation sites excluding steroid dienone is 6. The minimum Gasteiger partial charge on any atom is -0.404 e. The Kier molecular flexibility index (Phi) is 21.5. The van der Waals surface area contributed by atoms with Crippen molar-refractivity contribution < 1.29 is 24.2 Å². The average molecular weight is 553 g/mol. The Morgan fingerprint density at radius 2 is 1.88 bits per heavy atom. The number of methoxy groups -OCH3 is 2. The molecule has 1 aromatic carbocycles. The largest absolute Gasteiger partial charge is 0.404 e. The van der Waals surface area contributed by atoms with E-state index in [0.717, 1.165) is 49.7 Å². The lowest BCUT2D eigenvalue weighted by Gasteiger charge is -2.17. The summed E-state index contributed by atoms with van der Waals surface area (Å²) >= 11 is 0. The molecule has 1 aliphatic rings. The summed E-state index contributed by atoms with van der Waals surface area (Å²) in [5, 5.41) is 8.00. The van der Waals surface area contributed by atoms with E-state index in [0.29, 0.717) is 24.4 Å². The molecule has 0 aliphatic heterocycles. The van der Waals surface area contributed by atoms with Crippen LogP contribution in [0, 0.1) is 0 Å². The van der Waals surface area contributed by atoms with Crippen molar-refractivity contribution in [1.82, 2.24) is 0 Å². The molecule has 0 saturated heterocycles. The number of benzene rings is 1. The van der Waals surface area contributed by atoms with Crippen LogP contribution in [-0.2, 0) is 25.5 Å². The molecule has 1 aliphatic carbocycles. The fourth-order valence-electron chi connectivity index (χ4n) is 3.58. The fourth-order valence-corrected chi connectivity index (χ4v) is 3.58. The third kappa shape index (κ3) is 16.5. The quantitative estimate of drug-likeness (QED) is 0.129. The first-order valence-corrected chi connectivity index (χ1v) is 13.5. The van der Waals surface area contributed by atoms with Crippen LogP contribution in [0.5, 0.6) is 0 Å². The zero-order valence-electron chi connectivity index (χ0n) is 24.7. The van der Waals surface area contributed by atoms with Gasteiger partial charge in [-0.2, -0.15) is 0 Å². The molecule has 3 N–H and O–H groups in total. The maximum Gasteiger partial charge on any atom is 0.147 e. The van der Waals surface area contributed by atoms with E-state index in [1.165, 1.54) is 17.5 Å². The third-order valence-electron chi connectivity index (χ3n) is 5.86. The van der Waals surface area contributed by atoms with Gasteiger partial charge in [0.25, 0.3) is 0 Å². The molecule has 2 unspecified atom stereocenters. The summed E-state index contributed by atoms with van der Waals surface area (Å²) in [6.07, 6.45) is 16.8. The van der Waals surface area contributed by atoms with Gasteiger partial charge >= 0.3 is 0 Å². The summed E-state index contributed by atoms with van der Waals surface area (Å²) in [7, 11) is 3.41. The standard InChI is InChI=1S/C25H36N2O2.C4H6O2.C4H6O/c1-4-6-20-8-10-21(11-9-20)22-12-14-23(15-13-22)24(17-26)18-27-16-5-7-25(29-3)19-28-2;1-4(2-5)3-6;1-4(2)3-5/h8-12,14-15,17-18,22,25H,4-7,13,16,19,26H2,1-3H3;2,6H,1,3H2;3H,1H2,2H3/b24-17+,27-18?;;. The number of rotatable bonds is 15. The van der Waals surface area contributed by atoms with Crippen LogP contribution in [-0.4, -0.2) is 64.0 Å². The predicted molar refractivity (Wildman–Crippen MR) is 166 cm³/mol. The van der Waals surface area contributed by atoms with Crippen molar-refractivity contribution in [2.75, 3.05) is 34.0 Å². The van der Waals surface area contributed by atoms with Crippen molar-refractivity contribution in [3.63, 3.8) is 0 Å². The molecular weight excluding hydrogens is 504 g/mol. The molecule has 0 bridgehead atoms. The highest BCUT2D eigenvalue weighted by Crippen LogP contribution is 2.29. The molecular formula is C33H48N2O5. The number of hydrogen-bond acceptors (Lipinski definition) is 7. The maximum atomic E-state index is 9.48. The summed E-state index contributed by atoms with van der Waals surface area (Å²) in [6.45, 7) is 11.5. The number of carbonyl (C=O) groups is 2. The number of nitrogens with zero attached hydrogens (tertiary/aromatic N) is 1. The van der Waals surface area contributed by atoms with Crippen LogP contribution in [0.2, 0.25) is 0 Å². The van der Waals surface area contributed by atoms with E-state index in [-0.39, 0.29) is 18.3 Å². The van der Waals surface area contributed by atoms with Gasteiger partial charge in [-0.05, 0) is 54.9 Å². The minimum absolute atomic E-state index is 0.136. The van der Waals surface area contributed by atoms with Gasteiger partial charge < -0.3 is 20.3 Å². The lowest BCUT2D eigenvalue weighted by Crippen LogP contribution is -2.17. The van der Waals surface area contributed by atoms with Crippen molar-refractivity contribution in [3.8, 4) is 0 Å². The summed E-state index contributed by atoms with van der Waals surface area (Å²) < 4.78 is 10.5. The Morgan fingerprint density at radius 3 is 2.30 bits per heavy atom. The predicted octanol–water partition coefficient (Wildman–Crippen LogP) is 5.46. The van der Waals surface area contributed by atoms with Crippen LogP contribution in [0.15, 0.2) is 89.1 Å². The number of carbonyl (C=O) groups excluding carboxylic acids is 2. The van der Waals surface area contributed by atoms with E-state index >= 15 is 0 Å². The van der Waals surface area contributed by atoms with Gasteiger partial charge in [-0.1, -0.05) is 69.0 Å². The summed E-state index contributed by atoms with van der Waals surface area (Å²) in [5.41, 5.74) is 11.5. The van der Waals surface area contributed by atoms with E-state index in [1.54, 1.807) is 27.3 Å². The topological polar surface area (TPSA) is 111 Å². The van der Waals surface area contributed by atoms with Crippen molar-refractivity contribution in [3.05, 3.63) is 95.3 Å². The Balaban J connectivity index is 0.00000117. The maximum absolute atomic E-state index is 9.48. The number of nitrogens with two attached hydrogens (primary N) is 1. The van der Waals surface area contributed by atoms with Gasteiger partial charge in [0.2, 0.25) is 0 Å². The van der Waals surface area contributed by atoms with Crippen molar-refractivity contribution in [2.45, 2.75) is 58.0 Å². The number of aliphatic imine (C=N–C) groups is 1. The average Bonchev–Trinajstić information content (AvgIpc) is 2.99. The van der Waals surface area contributed by atoms with E-state index in [9.17, 15) is 9.59 Å². The second-order valence-electron chi connectivity index (χ2n) is 9.36. The number of aliphatic hydroxyl groups is 1. The molecule has 40 heavy (non-hydrogen) atoms. The first kappa shape index (κ1) is 36.6. The van der Waals surface area contributed by atoms with Crippen molar-refractivity contribution >= 4 is 18.8 Å². The fraction of sp³-hybridized carbons (Fsp3) is 0.424. The molecule has 0 amide bonds. The Bertz CT molecular complexity index is 1010. The van der Waals surface area contributed by atoms with Crippen LogP contribution >= 0.6 is 0 Å². The van der Waals surface area contributed by atoms with E-state index < -0.39 is 0 Å². The SMILES string of the molecule is C=C(C)C=O.C=C(C=O)CO.CCCc1ccc(C2C=CC(/C(C=NCCCC(COC)OC)=C/N)=CC2)cc1. The van der Waals surface area contributed by atoms with Gasteiger partial charge in [-0.25, -0.2) is 0 Å². The normalized spacial score (nSPS) is 15.2. The van der Waals surface area contributed by atoms with Gasteiger partial charge in [0.05, 0.1) is 19.3 Å². The number of hydrogen-bond donors (Lipinski definition) is 2. The van der Waals surface area contributed by atoms with Crippen LogP contribution in [0.3, 0.4) is 0 Å². The highest BCUT2D eigenvalue weighted by molar-refractivity contribution is 5.86. The molecule has 0 heterocycles. The minimum atomic E-state index is -0.233. The van der Waals surface area contributed by atoms with Crippen molar-refractivity contribution in [2.24, 2.45) is 10.7 Å². The highest BCUT2D eigenvalue weighted by Gasteiger charge is 2.12. The Morgan fingerprint density at radius 1 is 1.20 bits per heavy atom. The molecule has 2 rings (SSSR count). The smallest absolute Gasteiger partial charge is 0.147 e. The van der Waals surface area contributed by atoms with Crippen LogP contribution < -0.4 is 5.73 Å². The highest BCUT2D eigenvalue weighted by atomic mass is 16.5. The first-order valence-electron chi connectivity index (χ1n) is 13.5. The van der Waals surface area contributed by atoms with Gasteiger partial charge in [0, 0.05) is 50.2 Å². The molecule has 0 saturated carbocycles. The Hall–Kier alpha value is -3.39. The molecule has 2 atom stereocenters. The molecule has 0 spiro atoms. The zero-order chi connectivity index (χ0) is 30.2. The van der Waals surface area contributed by atoms with E-state index in [4.69, 9.17) is 20.3 Å². The molecule has 7 heteroatoms. The first-order chi connectivity index (χ1) is 19.3. The van der Waals surface area contributed by atoms with E-state index in [1.807, 2.05) is 6.21 Å². The van der Waals surface area contributed by atoms with Gasteiger partial charge in [-0.15, -0.1) is 0 Å². The summed E-state index contributed by atoms with van der Waals surface area (Å²) in [6, 6.07) is 9.03. The molecule has 0 aromatic heterocycles. The summed E-state index contributed by atoms with van der Waals surface area (Å²) in [4.78, 5) is 23.4. The zero-order valence-corrected chi connectivity index (χ0v) is 24.7. The van der Waals surface area contributed by atoms with Crippen LogP contribution in [0.1, 0.15) is 56.6 Å². The Labute approximate surface area is 240 Å². The number of aldehydes is 2. The second-order valence-corrected chi connectivity index (χ2v) is 9.36. The van der Waals surface area contributed by atoms with Crippen molar-refractivity contribution in [1.29, 1.82) is 0 Å². The summed E-state index contributed by atoms with van der Waals surface area (Å²) in [5.74, 6) is 0.428. The molecule has 0 fully saturated rings. The van der Waals surface area contributed by atoms with Gasteiger partial charge in [-0.3, -0.25) is 14.6 Å². The third-order valence-corrected chi connectivity index (χ3v) is 5.86. The monoisotopic (exact) mass is 552 g/mol. The lowest BCUT2D eigenvalue weighted by atomic mass is 9.88. The van der Waals surface area contributed by atoms with Crippen LogP contribution in [0.25, 0.3) is 0 Å². The molecule has 1 aromatic rings. The molecule has 7 nitrogen and oxygen atoms in total.